The fourth-order valence-corrected chi connectivity index (χ4v) is 7.17. The summed E-state index contributed by atoms with van der Waals surface area (Å²) in [5.74, 6) is -0.880. The summed E-state index contributed by atoms with van der Waals surface area (Å²) in [5, 5.41) is 4.38. The van der Waals surface area contributed by atoms with E-state index in [4.69, 9.17) is 0 Å². The molecule has 2 saturated heterocycles. The molecule has 2 unspecified atom stereocenters. The first-order valence-electron chi connectivity index (χ1n) is 11.6. The van der Waals surface area contributed by atoms with Crippen LogP contribution < -0.4 is 5.32 Å². The lowest BCUT2D eigenvalue weighted by Gasteiger charge is -2.59. The average molecular weight is 462 g/mol. The Hall–Kier alpha value is -0.960. The van der Waals surface area contributed by atoms with Crippen molar-refractivity contribution in [2.75, 3.05) is 19.6 Å². The molecule has 5 nitrogen and oxygen atoms in total. The molecule has 9 heteroatoms. The Morgan fingerprint density at radius 3 is 2.32 bits per heavy atom. The van der Waals surface area contributed by atoms with Gasteiger partial charge in [0.05, 0.1) is 11.3 Å². The second-order valence-electron chi connectivity index (χ2n) is 10.3. The van der Waals surface area contributed by atoms with Gasteiger partial charge in [-0.15, -0.1) is 11.8 Å². The molecule has 0 radical (unpaired) electrons. The van der Waals surface area contributed by atoms with Crippen LogP contribution in [-0.4, -0.2) is 69.6 Å². The van der Waals surface area contributed by atoms with Crippen LogP contribution in [0.15, 0.2) is 0 Å². The highest BCUT2D eigenvalue weighted by Gasteiger charge is 2.62. The summed E-state index contributed by atoms with van der Waals surface area (Å²) in [6.45, 7) is 7.49. The van der Waals surface area contributed by atoms with E-state index in [0.717, 1.165) is 6.54 Å². The molecule has 0 aromatic carbocycles. The maximum Gasteiger partial charge on any atom is 0.391 e. The zero-order chi connectivity index (χ0) is 22.6. The highest BCUT2D eigenvalue weighted by atomic mass is 32.2. The average Bonchev–Trinajstić information content (AvgIpc) is 3.08. The Morgan fingerprint density at radius 2 is 1.81 bits per heavy atom. The highest BCUT2D eigenvalue weighted by Crippen LogP contribution is 2.51. The minimum Gasteiger partial charge on any atom is -0.329 e. The Labute approximate surface area is 186 Å². The van der Waals surface area contributed by atoms with Crippen LogP contribution in [0.5, 0.6) is 0 Å². The summed E-state index contributed by atoms with van der Waals surface area (Å²) in [6.07, 6.45) is -1.66. The quantitative estimate of drug-likeness (QED) is 0.695. The van der Waals surface area contributed by atoms with Crippen LogP contribution in [0, 0.1) is 17.8 Å². The molecule has 4 rings (SSSR count). The van der Waals surface area contributed by atoms with Crippen molar-refractivity contribution < 1.29 is 22.8 Å². The minimum absolute atomic E-state index is 0.0263. The first-order chi connectivity index (χ1) is 14.5. The standard InChI is InChI=1S/C22H34F3N3O2S/c1-13(2)27-12-18(29)28(11-15-4-6-17(7-5-15)22(23,24)25)21(20(27)30)8-16(9-21)19-26-10-14(3)31-19/h13-17,19,26H,4-12H2,1-3H3. The van der Waals surface area contributed by atoms with E-state index in [0.29, 0.717) is 48.8 Å². The number of rotatable bonds is 4. The van der Waals surface area contributed by atoms with Gasteiger partial charge >= 0.3 is 6.18 Å². The molecule has 4 aliphatic rings. The predicted octanol–water partition coefficient (Wildman–Crippen LogP) is 3.63. The normalized spacial score (nSPS) is 39.5. The SMILES string of the molecule is CC1CNC(C2CC3(C2)C(=O)N(C(C)C)CC(=O)N3CC2CCC(C(F)(F)F)CC2)S1. The van der Waals surface area contributed by atoms with Crippen molar-refractivity contribution in [1.82, 2.24) is 15.1 Å². The van der Waals surface area contributed by atoms with Crippen LogP contribution in [0.2, 0.25) is 0 Å². The third-order valence-electron chi connectivity index (χ3n) is 7.77. The fourth-order valence-electron chi connectivity index (χ4n) is 5.87. The molecule has 2 atom stereocenters. The van der Waals surface area contributed by atoms with E-state index < -0.39 is 17.6 Å². The van der Waals surface area contributed by atoms with Gasteiger partial charge in [-0.25, -0.2) is 0 Å². The molecule has 1 N–H and O–H groups in total. The second kappa shape index (κ2) is 8.43. The van der Waals surface area contributed by atoms with E-state index in [1.54, 1.807) is 9.80 Å². The lowest BCUT2D eigenvalue weighted by molar-refractivity contribution is -0.187. The third-order valence-corrected chi connectivity index (χ3v) is 9.25. The van der Waals surface area contributed by atoms with E-state index in [2.05, 4.69) is 12.2 Å². The monoisotopic (exact) mass is 461 g/mol. The van der Waals surface area contributed by atoms with Gasteiger partial charge in [0.25, 0.3) is 0 Å². The van der Waals surface area contributed by atoms with Crippen LogP contribution in [0.4, 0.5) is 13.2 Å². The predicted molar refractivity (Wildman–Crippen MR) is 114 cm³/mol. The number of piperazine rings is 1. The van der Waals surface area contributed by atoms with E-state index in [9.17, 15) is 22.8 Å². The number of alkyl halides is 3. The second-order valence-corrected chi connectivity index (χ2v) is 11.9. The van der Waals surface area contributed by atoms with Crippen LogP contribution >= 0.6 is 11.8 Å². The molecule has 0 bridgehead atoms. The Bertz CT molecular complexity index is 703. The van der Waals surface area contributed by atoms with Crippen molar-refractivity contribution >= 4 is 23.6 Å². The Balaban J connectivity index is 1.47. The summed E-state index contributed by atoms with van der Waals surface area (Å²) in [5.41, 5.74) is -0.806. The number of carbonyl (C=O) groups excluding carboxylic acids is 2. The molecule has 2 aliphatic carbocycles. The maximum absolute atomic E-state index is 13.5. The maximum atomic E-state index is 13.5. The van der Waals surface area contributed by atoms with Crippen LogP contribution in [0.25, 0.3) is 0 Å². The number of hydrogen-bond donors (Lipinski definition) is 1. The molecule has 2 saturated carbocycles. The van der Waals surface area contributed by atoms with Crippen LogP contribution in [0.3, 0.4) is 0 Å². The van der Waals surface area contributed by atoms with E-state index in [-0.39, 0.29) is 43.2 Å². The number of nitrogens with one attached hydrogen (secondary N) is 1. The fraction of sp³-hybridized carbons (Fsp3) is 0.909. The molecule has 0 aromatic heterocycles. The number of halogens is 3. The number of nitrogens with zero attached hydrogens (tertiary/aromatic N) is 2. The molecule has 2 heterocycles. The van der Waals surface area contributed by atoms with E-state index in [1.807, 2.05) is 25.6 Å². The summed E-state index contributed by atoms with van der Waals surface area (Å²) in [4.78, 5) is 30.2. The topological polar surface area (TPSA) is 52.7 Å². The number of amides is 2. The van der Waals surface area contributed by atoms with Gasteiger partial charge in [0.2, 0.25) is 11.8 Å². The van der Waals surface area contributed by atoms with Crippen molar-refractivity contribution in [3.8, 4) is 0 Å². The van der Waals surface area contributed by atoms with Gasteiger partial charge in [-0.2, -0.15) is 13.2 Å². The van der Waals surface area contributed by atoms with Gasteiger partial charge in [0, 0.05) is 24.4 Å². The zero-order valence-electron chi connectivity index (χ0n) is 18.6. The van der Waals surface area contributed by atoms with E-state index in [1.165, 1.54) is 0 Å². The number of hydrogen-bond acceptors (Lipinski definition) is 4. The first-order valence-corrected chi connectivity index (χ1v) is 12.5. The van der Waals surface area contributed by atoms with Crippen molar-refractivity contribution in [3.05, 3.63) is 0 Å². The van der Waals surface area contributed by atoms with Crippen molar-refractivity contribution in [2.24, 2.45) is 17.8 Å². The minimum atomic E-state index is -4.13. The number of thioether (sulfide) groups is 1. The van der Waals surface area contributed by atoms with Crippen molar-refractivity contribution in [1.29, 1.82) is 0 Å². The van der Waals surface area contributed by atoms with Gasteiger partial charge in [0.15, 0.2) is 0 Å². The summed E-state index contributed by atoms with van der Waals surface area (Å²) >= 11 is 1.90. The summed E-state index contributed by atoms with van der Waals surface area (Å²) < 4.78 is 39.1. The molecular weight excluding hydrogens is 427 g/mol. The molecular formula is C22H34F3N3O2S. The zero-order valence-corrected chi connectivity index (χ0v) is 19.4. The Kier molecular flexibility index (Phi) is 6.31. The van der Waals surface area contributed by atoms with Gasteiger partial charge < -0.3 is 15.1 Å². The molecule has 2 amide bonds. The van der Waals surface area contributed by atoms with Gasteiger partial charge in [-0.3, -0.25) is 9.59 Å². The molecule has 1 spiro atoms. The van der Waals surface area contributed by atoms with Gasteiger partial charge in [-0.1, -0.05) is 6.92 Å². The van der Waals surface area contributed by atoms with Gasteiger partial charge in [0.1, 0.15) is 12.1 Å². The lowest BCUT2D eigenvalue weighted by atomic mass is 9.64. The largest absolute Gasteiger partial charge is 0.391 e. The molecule has 176 valence electrons. The summed E-state index contributed by atoms with van der Waals surface area (Å²) in [7, 11) is 0. The van der Waals surface area contributed by atoms with Crippen molar-refractivity contribution in [2.45, 2.75) is 87.7 Å². The smallest absolute Gasteiger partial charge is 0.329 e. The molecule has 0 aromatic rings. The van der Waals surface area contributed by atoms with Gasteiger partial charge in [-0.05, 0) is 64.2 Å². The highest BCUT2D eigenvalue weighted by molar-refractivity contribution is 8.00. The first kappa shape index (κ1) is 23.2. The van der Waals surface area contributed by atoms with Crippen molar-refractivity contribution in [3.63, 3.8) is 0 Å². The van der Waals surface area contributed by atoms with Crippen LogP contribution in [-0.2, 0) is 9.59 Å². The molecule has 31 heavy (non-hydrogen) atoms. The lowest BCUT2D eigenvalue weighted by Crippen LogP contribution is -2.75. The third kappa shape index (κ3) is 4.33. The molecule has 2 aliphatic heterocycles. The summed E-state index contributed by atoms with van der Waals surface area (Å²) in [6, 6.07) is -0.0456. The number of carbonyl (C=O) groups is 2. The van der Waals surface area contributed by atoms with E-state index >= 15 is 0 Å². The molecule has 4 fully saturated rings. The Morgan fingerprint density at radius 1 is 1.16 bits per heavy atom. The van der Waals surface area contributed by atoms with Crippen LogP contribution in [0.1, 0.15) is 59.3 Å².